The van der Waals surface area contributed by atoms with E-state index in [4.69, 9.17) is 14.2 Å². The summed E-state index contributed by atoms with van der Waals surface area (Å²) < 4.78 is 15.8. The zero-order chi connectivity index (χ0) is 26.2. The molecule has 1 aliphatic heterocycles. The topological polar surface area (TPSA) is 89.1 Å². The minimum atomic E-state index is -0.316. The van der Waals surface area contributed by atoms with E-state index < -0.39 is 0 Å². The number of anilines is 1. The second-order valence-corrected chi connectivity index (χ2v) is 8.76. The second kappa shape index (κ2) is 12.3. The number of benzene rings is 3. The van der Waals surface area contributed by atoms with E-state index in [0.29, 0.717) is 48.7 Å². The largest absolute Gasteiger partial charge is 0.493 e. The van der Waals surface area contributed by atoms with Crippen molar-refractivity contribution in [1.29, 1.82) is 0 Å². The predicted molar refractivity (Wildman–Crippen MR) is 142 cm³/mol. The maximum Gasteiger partial charge on any atom is 0.256 e. The summed E-state index contributed by atoms with van der Waals surface area (Å²) in [6.07, 6.45) is 1.07. The van der Waals surface area contributed by atoms with Gasteiger partial charge in [0, 0.05) is 49.2 Å². The number of ether oxygens (including phenoxy) is 3. The summed E-state index contributed by atoms with van der Waals surface area (Å²) in [5.74, 6) is 1.16. The van der Waals surface area contributed by atoms with Gasteiger partial charge in [-0.05, 0) is 54.8 Å². The van der Waals surface area contributed by atoms with Crippen LogP contribution in [0.15, 0.2) is 66.7 Å². The zero-order valence-corrected chi connectivity index (χ0v) is 21.5. The lowest BCUT2D eigenvalue weighted by molar-refractivity contribution is 0.0721. The van der Waals surface area contributed by atoms with Crippen molar-refractivity contribution in [3.05, 3.63) is 89.0 Å². The minimum absolute atomic E-state index is 0.00624. The van der Waals surface area contributed by atoms with Gasteiger partial charge in [-0.1, -0.05) is 30.3 Å². The van der Waals surface area contributed by atoms with Gasteiger partial charge in [-0.15, -0.1) is 0 Å². The molecule has 1 heterocycles. The van der Waals surface area contributed by atoms with E-state index in [-0.39, 0.29) is 18.0 Å². The highest BCUT2D eigenvalue weighted by molar-refractivity contribution is 5.99. The van der Waals surface area contributed by atoms with E-state index in [0.717, 1.165) is 23.2 Å². The molecule has 1 unspecified atom stereocenters. The number of rotatable bonds is 12. The lowest BCUT2D eigenvalue weighted by Gasteiger charge is -2.27. The van der Waals surface area contributed by atoms with Crippen LogP contribution in [0, 0.1) is 0 Å². The molecule has 0 aliphatic carbocycles. The van der Waals surface area contributed by atoms with Crippen molar-refractivity contribution in [2.45, 2.75) is 19.0 Å². The number of methoxy groups -OCH3 is 3. The molecule has 3 aromatic carbocycles. The minimum Gasteiger partial charge on any atom is -0.493 e. The molecule has 1 atom stereocenters. The molecule has 0 fully saturated rings. The Kier molecular flexibility index (Phi) is 8.64. The predicted octanol–water partition coefficient (Wildman–Crippen LogP) is 4.28. The van der Waals surface area contributed by atoms with Crippen molar-refractivity contribution < 1.29 is 23.8 Å². The van der Waals surface area contributed by atoms with Crippen molar-refractivity contribution in [3.63, 3.8) is 0 Å². The van der Waals surface area contributed by atoms with E-state index >= 15 is 0 Å². The molecule has 0 aromatic heterocycles. The molecule has 8 heteroatoms. The fourth-order valence-corrected chi connectivity index (χ4v) is 4.50. The van der Waals surface area contributed by atoms with Crippen molar-refractivity contribution in [1.82, 2.24) is 10.2 Å². The van der Waals surface area contributed by atoms with E-state index in [1.807, 2.05) is 65.6 Å². The number of nitrogens with one attached hydrogen (secondary N) is 2. The molecule has 194 valence electrons. The lowest BCUT2D eigenvalue weighted by Crippen LogP contribution is -2.33. The first-order chi connectivity index (χ1) is 18.0. The van der Waals surface area contributed by atoms with Crippen LogP contribution >= 0.6 is 0 Å². The SMILES string of the molecule is COCCCN1C(=O)c2ccccc2C1Nc1cccc(C(=O)NCCc2ccc(OC)c(OC)c2)c1. The lowest BCUT2D eigenvalue weighted by atomic mass is 10.1. The van der Waals surface area contributed by atoms with Crippen LogP contribution in [0.2, 0.25) is 0 Å². The Morgan fingerprint density at radius 1 is 0.946 bits per heavy atom. The van der Waals surface area contributed by atoms with E-state index in [2.05, 4.69) is 10.6 Å². The molecule has 0 spiro atoms. The Balaban J connectivity index is 1.41. The van der Waals surface area contributed by atoms with Crippen LogP contribution in [0.1, 0.15) is 44.4 Å². The standard InChI is InChI=1S/C29H33N3O5/c1-35-17-7-16-32-27(23-10-4-5-11-24(23)29(32)34)31-22-9-6-8-21(19-22)28(33)30-15-14-20-12-13-25(36-2)26(18-20)37-3/h4-6,8-13,18-19,27,31H,7,14-17H2,1-3H3,(H,30,33). The highest BCUT2D eigenvalue weighted by Gasteiger charge is 2.36. The number of carbonyl (C=O) groups is 2. The Labute approximate surface area is 217 Å². The third kappa shape index (κ3) is 6.03. The fraction of sp³-hybridized carbons (Fsp3) is 0.310. The van der Waals surface area contributed by atoms with Crippen LogP contribution < -0.4 is 20.1 Å². The summed E-state index contributed by atoms with van der Waals surface area (Å²) >= 11 is 0. The maximum atomic E-state index is 13.0. The molecule has 2 amide bonds. The average molecular weight is 504 g/mol. The van der Waals surface area contributed by atoms with Gasteiger partial charge in [0.15, 0.2) is 11.5 Å². The number of fused-ring (bicyclic) bond motifs is 1. The zero-order valence-electron chi connectivity index (χ0n) is 21.5. The van der Waals surface area contributed by atoms with Crippen molar-refractivity contribution in [3.8, 4) is 11.5 Å². The molecule has 0 saturated carbocycles. The quantitative estimate of drug-likeness (QED) is 0.359. The van der Waals surface area contributed by atoms with Gasteiger partial charge >= 0.3 is 0 Å². The van der Waals surface area contributed by atoms with Gasteiger partial charge in [-0.3, -0.25) is 9.59 Å². The van der Waals surface area contributed by atoms with Crippen molar-refractivity contribution in [2.24, 2.45) is 0 Å². The molecule has 8 nitrogen and oxygen atoms in total. The number of hydrogen-bond acceptors (Lipinski definition) is 6. The van der Waals surface area contributed by atoms with Gasteiger partial charge in [0.25, 0.3) is 11.8 Å². The van der Waals surface area contributed by atoms with E-state index in [1.54, 1.807) is 27.4 Å². The van der Waals surface area contributed by atoms with Crippen LogP contribution in [-0.4, -0.2) is 57.7 Å². The van der Waals surface area contributed by atoms with Crippen molar-refractivity contribution in [2.75, 3.05) is 46.3 Å². The van der Waals surface area contributed by atoms with E-state index in [1.165, 1.54) is 0 Å². The molecule has 3 aromatic rings. The molecule has 2 N–H and O–H groups in total. The highest BCUT2D eigenvalue weighted by atomic mass is 16.5. The number of hydrogen-bond donors (Lipinski definition) is 2. The summed E-state index contributed by atoms with van der Waals surface area (Å²) in [5, 5.41) is 6.45. The highest BCUT2D eigenvalue weighted by Crippen LogP contribution is 2.34. The summed E-state index contributed by atoms with van der Waals surface area (Å²) in [4.78, 5) is 27.7. The molecule has 1 aliphatic rings. The van der Waals surface area contributed by atoms with Crippen LogP contribution in [0.4, 0.5) is 5.69 Å². The maximum absolute atomic E-state index is 13.0. The first-order valence-corrected chi connectivity index (χ1v) is 12.3. The van der Waals surface area contributed by atoms with Gasteiger partial charge in [0.1, 0.15) is 6.17 Å². The molecule has 0 radical (unpaired) electrons. The first-order valence-electron chi connectivity index (χ1n) is 12.3. The van der Waals surface area contributed by atoms with Crippen LogP contribution in [0.25, 0.3) is 0 Å². The molecular weight excluding hydrogens is 470 g/mol. The third-order valence-corrected chi connectivity index (χ3v) is 6.38. The van der Waals surface area contributed by atoms with Gasteiger partial charge in [0.2, 0.25) is 0 Å². The second-order valence-electron chi connectivity index (χ2n) is 8.76. The Morgan fingerprint density at radius 2 is 1.76 bits per heavy atom. The summed E-state index contributed by atoms with van der Waals surface area (Å²) in [6, 6.07) is 20.7. The van der Waals surface area contributed by atoms with Gasteiger partial charge in [-0.25, -0.2) is 0 Å². The summed E-state index contributed by atoms with van der Waals surface area (Å²) in [6.45, 7) is 1.62. The number of nitrogens with zero attached hydrogens (tertiary/aromatic N) is 1. The Bertz CT molecular complexity index is 1250. The van der Waals surface area contributed by atoms with E-state index in [9.17, 15) is 9.59 Å². The first kappa shape index (κ1) is 26.0. The summed E-state index contributed by atoms with van der Waals surface area (Å²) in [7, 11) is 4.85. The summed E-state index contributed by atoms with van der Waals surface area (Å²) in [5.41, 5.74) is 3.96. The third-order valence-electron chi connectivity index (χ3n) is 6.38. The van der Waals surface area contributed by atoms with Crippen LogP contribution in [0.3, 0.4) is 0 Å². The molecule has 0 bridgehead atoms. The number of amides is 2. The average Bonchev–Trinajstić information content (AvgIpc) is 3.19. The van der Waals surface area contributed by atoms with Crippen molar-refractivity contribution >= 4 is 17.5 Å². The Hall–Kier alpha value is -4.04. The monoisotopic (exact) mass is 503 g/mol. The van der Waals surface area contributed by atoms with Gasteiger partial charge < -0.3 is 29.7 Å². The van der Waals surface area contributed by atoms with Crippen LogP contribution in [-0.2, 0) is 11.2 Å². The van der Waals surface area contributed by atoms with Gasteiger partial charge in [0.05, 0.1) is 14.2 Å². The normalized spacial score (nSPS) is 14.3. The van der Waals surface area contributed by atoms with Gasteiger partial charge in [-0.2, -0.15) is 0 Å². The molecule has 4 rings (SSSR count). The van der Waals surface area contributed by atoms with Crippen LogP contribution in [0.5, 0.6) is 11.5 Å². The smallest absolute Gasteiger partial charge is 0.256 e. The Morgan fingerprint density at radius 3 is 2.54 bits per heavy atom. The number of carbonyl (C=O) groups excluding carboxylic acids is 2. The molecule has 37 heavy (non-hydrogen) atoms. The molecule has 0 saturated heterocycles. The molecular formula is C29H33N3O5. The fourth-order valence-electron chi connectivity index (χ4n) is 4.50.